The topological polar surface area (TPSA) is 44.8 Å². The fourth-order valence-corrected chi connectivity index (χ4v) is 6.36. The van der Waals surface area contributed by atoms with Crippen LogP contribution in [0.5, 0.6) is 5.75 Å². The van der Waals surface area contributed by atoms with Crippen molar-refractivity contribution in [2.75, 3.05) is 39.8 Å². The summed E-state index contributed by atoms with van der Waals surface area (Å²) < 4.78 is 5.26. The first-order valence-corrected chi connectivity index (χ1v) is 12.5. The van der Waals surface area contributed by atoms with Gasteiger partial charge in [-0.3, -0.25) is 4.79 Å². The average Bonchev–Trinajstić information content (AvgIpc) is 3.47. The number of halogens is 2. The largest absolute Gasteiger partial charge is 0.497 e. The van der Waals surface area contributed by atoms with E-state index in [2.05, 4.69) is 64.5 Å². The molecule has 7 heteroatoms. The zero-order chi connectivity index (χ0) is 22.8. The molecule has 3 saturated heterocycles. The molecule has 0 aromatic heterocycles. The minimum atomic E-state index is -0.143. The van der Waals surface area contributed by atoms with E-state index in [9.17, 15) is 4.79 Å². The maximum atomic E-state index is 13.5. The van der Waals surface area contributed by atoms with Gasteiger partial charge in [0.05, 0.1) is 12.5 Å². The summed E-state index contributed by atoms with van der Waals surface area (Å²) in [6, 6.07) is 19.6. The summed E-state index contributed by atoms with van der Waals surface area (Å²) in [5.41, 5.74) is 2.48. The zero-order valence-corrected chi connectivity index (χ0v) is 22.5. The maximum absolute atomic E-state index is 13.5. The van der Waals surface area contributed by atoms with E-state index in [4.69, 9.17) is 4.74 Å². The van der Waals surface area contributed by atoms with Gasteiger partial charge in [0, 0.05) is 38.1 Å². The van der Waals surface area contributed by atoms with Crippen molar-refractivity contribution in [3.8, 4) is 5.75 Å². The van der Waals surface area contributed by atoms with Crippen molar-refractivity contribution in [3.63, 3.8) is 0 Å². The molecule has 2 aromatic rings. The standard InChI is InChI=1S/C28H37N3O2.2ClH/c1-21(25-18-29-19-26(25)23-6-4-3-5-7-23)30-15-12-28(13-16-30)14-17-31(27(28)32)20-22-8-10-24(33-2)11-9-22;;/h3-11,21,25-26,29H,12-20H2,1-2H3;2*1H/t21?,25-,26-;;/m1../s1. The van der Waals surface area contributed by atoms with Gasteiger partial charge in [-0.1, -0.05) is 42.5 Å². The molecule has 3 aliphatic rings. The van der Waals surface area contributed by atoms with Crippen LogP contribution in [0.4, 0.5) is 0 Å². The maximum Gasteiger partial charge on any atom is 0.229 e. The number of likely N-dealkylation sites (tertiary alicyclic amines) is 2. The van der Waals surface area contributed by atoms with E-state index in [0.29, 0.717) is 30.3 Å². The van der Waals surface area contributed by atoms with Crippen LogP contribution in [0.1, 0.15) is 43.2 Å². The molecule has 3 heterocycles. The Balaban J connectivity index is 0.00000171. The summed E-state index contributed by atoms with van der Waals surface area (Å²) in [5.74, 6) is 2.42. The van der Waals surface area contributed by atoms with Crippen molar-refractivity contribution >= 4 is 30.7 Å². The fourth-order valence-electron chi connectivity index (χ4n) is 6.36. The number of carbonyl (C=O) groups excluding carboxylic acids is 1. The van der Waals surface area contributed by atoms with E-state index in [1.165, 1.54) is 11.1 Å². The Morgan fingerprint density at radius 3 is 2.29 bits per heavy atom. The lowest BCUT2D eigenvalue weighted by Crippen LogP contribution is -2.50. The van der Waals surface area contributed by atoms with Crippen LogP contribution in [0.25, 0.3) is 0 Å². The summed E-state index contributed by atoms with van der Waals surface area (Å²) >= 11 is 0. The lowest BCUT2D eigenvalue weighted by atomic mass is 9.75. The van der Waals surface area contributed by atoms with Gasteiger partial charge in [-0.25, -0.2) is 0 Å². The molecule has 3 atom stereocenters. The Hall–Kier alpha value is -1.79. The van der Waals surface area contributed by atoms with Crippen molar-refractivity contribution in [2.45, 2.75) is 44.7 Å². The highest BCUT2D eigenvalue weighted by Gasteiger charge is 2.49. The van der Waals surface area contributed by atoms with Gasteiger partial charge in [0.2, 0.25) is 5.91 Å². The molecular weight excluding hydrogens is 481 g/mol. The third-order valence-corrected chi connectivity index (χ3v) is 8.57. The van der Waals surface area contributed by atoms with Crippen molar-refractivity contribution in [1.29, 1.82) is 0 Å². The third kappa shape index (κ3) is 5.64. The molecule has 0 aliphatic carbocycles. The van der Waals surface area contributed by atoms with Crippen LogP contribution in [-0.4, -0.2) is 61.6 Å². The molecular formula is C28H39Cl2N3O2. The smallest absolute Gasteiger partial charge is 0.229 e. The molecule has 5 rings (SSSR count). The molecule has 0 radical (unpaired) electrons. The van der Waals surface area contributed by atoms with Crippen molar-refractivity contribution < 1.29 is 9.53 Å². The van der Waals surface area contributed by atoms with Gasteiger partial charge in [-0.15, -0.1) is 24.8 Å². The highest BCUT2D eigenvalue weighted by atomic mass is 35.5. The van der Waals surface area contributed by atoms with Gasteiger partial charge in [-0.05, 0) is 68.5 Å². The summed E-state index contributed by atoms with van der Waals surface area (Å²) in [4.78, 5) is 18.2. The number of ether oxygens (including phenoxy) is 1. The highest BCUT2D eigenvalue weighted by Crippen LogP contribution is 2.43. The van der Waals surface area contributed by atoms with Gasteiger partial charge in [0.25, 0.3) is 0 Å². The Kier molecular flexibility index (Phi) is 9.50. The number of piperidine rings is 1. The molecule has 1 spiro atoms. The van der Waals surface area contributed by atoms with Crippen LogP contribution >= 0.6 is 24.8 Å². The van der Waals surface area contributed by atoms with Crippen molar-refractivity contribution in [2.24, 2.45) is 11.3 Å². The van der Waals surface area contributed by atoms with Crippen molar-refractivity contribution in [3.05, 3.63) is 65.7 Å². The van der Waals surface area contributed by atoms with Gasteiger partial charge in [0.1, 0.15) is 5.75 Å². The highest BCUT2D eigenvalue weighted by molar-refractivity contribution is 5.86. The monoisotopic (exact) mass is 519 g/mol. The van der Waals surface area contributed by atoms with E-state index >= 15 is 0 Å². The van der Waals surface area contributed by atoms with Crippen LogP contribution < -0.4 is 10.1 Å². The van der Waals surface area contributed by atoms with Crippen LogP contribution in [0, 0.1) is 11.3 Å². The van der Waals surface area contributed by atoms with Gasteiger partial charge in [0.15, 0.2) is 0 Å². The molecule has 35 heavy (non-hydrogen) atoms. The quantitative estimate of drug-likeness (QED) is 0.598. The zero-order valence-electron chi connectivity index (χ0n) is 20.8. The normalized spacial score (nSPS) is 24.6. The summed E-state index contributed by atoms with van der Waals surface area (Å²) in [5, 5.41) is 3.64. The third-order valence-electron chi connectivity index (χ3n) is 8.57. The number of rotatable bonds is 6. The fraction of sp³-hybridized carbons (Fsp3) is 0.536. The van der Waals surface area contributed by atoms with Crippen LogP contribution in [-0.2, 0) is 11.3 Å². The van der Waals surface area contributed by atoms with E-state index in [-0.39, 0.29) is 30.2 Å². The number of amides is 1. The Labute approximate surface area is 222 Å². The summed E-state index contributed by atoms with van der Waals surface area (Å²) in [7, 11) is 1.68. The summed E-state index contributed by atoms with van der Waals surface area (Å²) in [6.45, 7) is 8.19. The van der Waals surface area contributed by atoms with Gasteiger partial charge >= 0.3 is 0 Å². The number of methoxy groups -OCH3 is 1. The van der Waals surface area contributed by atoms with Crippen LogP contribution in [0.2, 0.25) is 0 Å². The molecule has 0 saturated carbocycles. The van der Waals surface area contributed by atoms with E-state index in [1.807, 2.05) is 12.1 Å². The second-order valence-corrected chi connectivity index (χ2v) is 10.2. The summed E-state index contributed by atoms with van der Waals surface area (Å²) in [6.07, 6.45) is 2.98. The van der Waals surface area contributed by atoms with Crippen LogP contribution in [0.15, 0.2) is 54.6 Å². The number of benzene rings is 2. The Morgan fingerprint density at radius 1 is 0.971 bits per heavy atom. The van der Waals surface area contributed by atoms with E-state index in [1.54, 1.807) is 7.11 Å². The number of nitrogens with zero attached hydrogens (tertiary/aromatic N) is 2. The molecule has 1 N–H and O–H groups in total. The molecule has 0 bridgehead atoms. The Bertz CT molecular complexity index is 948. The number of hydrogen-bond acceptors (Lipinski definition) is 4. The predicted octanol–water partition coefficient (Wildman–Crippen LogP) is 4.75. The number of hydrogen-bond donors (Lipinski definition) is 1. The molecule has 3 fully saturated rings. The first kappa shape index (κ1) is 27.8. The van der Waals surface area contributed by atoms with Crippen molar-refractivity contribution in [1.82, 2.24) is 15.1 Å². The lowest BCUT2D eigenvalue weighted by molar-refractivity contribution is -0.139. The average molecular weight is 521 g/mol. The molecule has 2 aromatic carbocycles. The minimum Gasteiger partial charge on any atom is -0.497 e. The Morgan fingerprint density at radius 2 is 1.63 bits per heavy atom. The number of nitrogens with one attached hydrogen (secondary N) is 1. The van der Waals surface area contributed by atoms with Crippen LogP contribution in [0.3, 0.4) is 0 Å². The van der Waals surface area contributed by atoms with E-state index in [0.717, 1.165) is 57.7 Å². The first-order valence-electron chi connectivity index (χ1n) is 12.5. The number of carbonyl (C=O) groups is 1. The molecule has 3 aliphatic heterocycles. The van der Waals surface area contributed by atoms with Gasteiger partial charge < -0.3 is 19.9 Å². The molecule has 1 amide bonds. The first-order chi connectivity index (χ1) is 16.1. The SMILES string of the molecule is COc1ccc(CN2CCC3(CCN(C(C)[C@H]4CNC[C@@H]4c4ccccc4)CC3)C2=O)cc1.Cl.Cl. The predicted molar refractivity (Wildman–Crippen MR) is 146 cm³/mol. The minimum absolute atomic E-state index is 0. The second-order valence-electron chi connectivity index (χ2n) is 10.2. The molecule has 5 nitrogen and oxygen atoms in total. The molecule has 192 valence electrons. The second kappa shape index (κ2) is 12.0. The lowest BCUT2D eigenvalue weighted by Gasteiger charge is -2.43. The molecule has 1 unspecified atom stereocenters. The van der Waals surface area contributed by atoms with E-state index < -0.39 is 0 Å². The van der Waals surface area contributed by atoms with Gasteiger partial charge in [-0.2, -0.15) is 0 Å².